The van der Waals surface area contributed by atoms with E-state index in [1.54, 1.807) is 24.4 Å². The van der Waals surface area contributed by atoms with Crippen LogP contribution >= 0.6 is 0 Å². The molecule has 1 N–H and O–H groups in total. The fourth-order valence-corrected chi connectivity index (χ4v) is 2.71. The first-order chi connectivity index (χ1) is 9.92. The fourth-order valence-electron chi connectivity index (χ4n) is 2.71. The normalized spacial score (nSPS) is 17.0. The van der Waals surface area contributed by atoms with Gasteiger partial charge in [0.1, 0.15) is 11.1 Å². The van der Waals surface area contributed by atoms with Crippen molar-refractivity contribution in [1.29, 1.82) is 0 Å². The Kier molecular flexibility index (Phi) is 3.06. The van der Waals surface area contributed by atoms with Crippen molar-refractivity contribution in [2.24, 2.45) is 5.92 Å². The topological polar surface area (TPSA) is 79.5 Å². The van der Waals surface area contributed by atoms with Gasteiger partial charge in [-0.2, -0.15) is 0 Å². The van der Waals surface area contributed by atoms with Crippen LogP contribution in [0.15, 0.2) is 30.5 Å². The molecule has 2 aromatic rings. The predicted octanol–water partition coefficient (Wildman–Crippen LogP) is 2.35. The maximum atomic E-state index is 11.1. The summed E-state index contributed by atoms with van der Waals surface area (Å²) in [6.45, 7) is 5.02. The van der Waals surface area contributed by atoms with E-state index in [-0.39, 0.29) is 11.6 Å². The molecule has 21 heavy (non-hydrogen) atoms. The van der Waals surface area contributed by atoms with Gasteiger partial charge in [-0.1, -0.05) is 13.8 Å². The van der Waals surface area contributed by atoms with Crippen LogP contribution in [0.2, 0.25) is 0 Å². The largest absolute Gasteiger partial charge is 0.386 e. The average Bonchev–Trinajstić information content (AvgIpc) is 2.42. The minimum absolute atomic E-state index is 0.0569. The van der Waals surface area contributed by atoms with Crippen molar-refractivity contribution < 1.29 is 10.0 Å². The number of nitro benzene ring substituents is 1. The number of β-amino-alcohol motifs (C(OH)–C–C–N with tert-alkyl or cyclic N) is 1. The molecule has 0 unspecified atom stereocenters. The third-order valence-corrected chi connectivity index (χ3v) is 4.27. The van der Waals surface area contributed by atoms with Gasteiger partial charge in [-0.3, -0.25) is 15.1 Å². The number of nitrogens with zero attached hydrogens (tertiary/aromatic N) is 3. The molecule has 0 saturated carbocycles. The number of pyridine rings is 1. The number of aromatic nitrogens is 1. The second-order valence-electron chi connectivity index (χ2n) is 5.87. The molecule has 6 heteroatoms. The number of hydrogen-bond donors (Lipinski definition) is 1. The molecule has 2 heterocycles. The van der Waals surface area contributed by atoms with Crippen LogP contribution in [-0.2, 0) is 0 Å². The quantitative estimate of drug-likeness (QED) is 0.692. The minimum atomic E-state index is -0.692. The molecule has 1 saturated heterocycles. The average molecular weight is 287 g/mol. The molecule has 0 aliphatic carbocycles. The molecule has 1 aliphatic heterocycles. The van der Waals surface area contributed by atoms with Gasteiger partial charge in [0.2, 0.25) is 0 Å². The highest BCUT2D eigenvalue weighted by atomic mass is 16.6. The number of anilines is 1. The van der Waals surface area contributed by atoms with Crippen LogP contribution in [0.1, 0.15) is 13.8 Å². The molecule has 0 atom stereocenters. The van der Waals surface area contributed by atoms with E-state index in [9.17, 15) is 15.2 Å². The smallest absolute Gasteiger partial charge is 0.278 e. The van der Waals surface area contributed by atoms with E-state index >= 15 is 0 Å². The van der Waals surface area contributed by atoms with Crippen LogP contribution in [0, 0.1) is 16.0 Å². The summed E-state index contributed by atoms with van der Waals surface area (Å²) in [5.41, 5.74) is 0.809. The number of aliphatic hydroxyl groups is 1. The lowest BCUT2D eigenvalue weighted by Gasteiger charge is -2.50. The summed E-state index contributed by atoms with van der Waals surface area (Å²) in [6, 6.07) is 6.62. The molecule has 6 nitrogen and oxygen atoms in total. The Morgan fingerprint density at radius 1 is 1.38 bits per heavy atom. The molecule has 1 fully saturated rings. The van der Waals surface area contributed by atoms with Gasteiger partial charge in [-0.05, 0) is 24.1 Å². The first-order valence-electron chi connectivity index (χ1n) is 6.92. The van der Waals surface area contributed by atoms with E-state index in [0.717, 1.165) is 5.69 Å². The summed E-state index contributed by atoms with van der Waals surface area (Å²) in [6.07, 6.45) is 1.63. The summed E-state index contributed by atoms with van der Waals surface area (Å²) in [5, 5.41) is 22.0. The number of non-ortho nitro benzene ring substituents is 1. The number of hydrogen-bond acceptors (Lipinski definition) is 5. The Balaban J connectivity index is 2.02. The van der Waals surface area contributed by atoms with E-state index in [1.165, 1.54) is 6.07 Å². The van der Waals surface area contributed by atoms with E-state index in [1.807, 2.05) is 18.7 Å². The second kappa shape index (κ2) is 4.66. The van der Waals surface area contributed by atoms with Crippen LogP contribution in [0.25, 0.3) is 10.9 Å². The van der Waals surface area contributed by atoms with Crippen molar-refractivity contribution in [3.8, 4) is 0 Å². The SMILES string of the molecule is CC(C)C1(O)CN(c2ccc([N+](=O)[O-])c3cccnc23)C1. The number of fused-ring (bicyclic) bond motifs is 1. The van der Waals surface area contributed by atoms with Gasteiger partial charge in [-0.25, -0.2) is 0 Å². The molecular formula is C15H17N3O3. The molecule has 3 rings (SSSR count). The lowest BCUT2D eigenvalue weighted by atomic mass is 9.82. The summed E-state index contributed by atoms with van der Waals surface area (Å²) in [4.78, 5) is 17.0. The van der Waals surface area contributed by atoms with Gasteiger partial charge >= 0.3 is 0 Å². The lowest BCUT2D eigenvalue weighted by Crippen LogP contribution is -2.64. The van der Waals surface area contributed by atoms with Gasteiger partial charge in [-0.15, -0.1) is 0 Å². The van der Waals surface area contributed by atoms with Crippen LogP contribution < -0.4 is 4.90 Å². The molecule has 0 amide bonds. The minimum Gasteiger partial charge on any atom is -0.386 e. The number of benzene rings is 1. The zero-order valence-electron chi connectivity index (χ0n) is 12.0. The maximum Gasteiger partial charge on any atom is 0.278 e. The zero-order valence-corrected chi connectivity index (χ0v) is 12.0. The van der Waals surface area contributed by atoms with Gasteiger partial charge < -0.3 is 10.0 Å². The summed E-state index contributed by atoms with van der Waals surface area (Å²) >= 11 is 0. The highest BCUT2D eigenvalue weighted by Gasteiger charge is 2.44. The summed E-state index contributed by atoms with van der Waals surface area (Å²) in [5.74, 6) is 0.172. The molecule has 1 aliphatic rings. The third-order valence-electron chi connectivity index (χ3n) is 4.27. The van der Waals surface area contributed by atoms with E-state index in [4.69, 9.17) is 0 Å². The van der Waals surface area contributed by atoms with Gasteiger partial charge in [0.05, 0.1) is 16.0 Å². The van der Waals surface area contributed by atoms with Gasteiger partial charge in [0, 0.05) is 25.4 Å². The lowest BCUT2D eigenvalue weighted by molar-refractivity contribution is -0.383. The molecule has 0 radical (unpaired) electrons. The van der Waals surface area contributed by atoms with Crippen molar-refractivity contribution in [2.75, 3.05) is 18.0 Å². The van der Waals surface area contributed by atoms with Crippen LogP contribution in [0.5, 0.6) is 0 Å². The Morgan fingerprint density at radius 3 is 2.71 bits per heavy atom. The highest BCUT2D eigenvalue weighted by Crippen LogP contribution is 2.38. The highest BCUT2D eigenvalue weighted by molar-refractivity contribution is 5.97. The van der Waals surface area contributed by atoms with Crippen LogP contribution in [0.4, 0.5) is 11.4 Å². The number of rotatable bonds is 3. The van der Waals surface area contributed by atoms with Crippen LogP contribution in [-0.4, -0.2) is 33.7 Å². The molecule has 110 valence electrons. The molecule has 1 aromatic carbocycles. The van der Waals surface area contributed by atoms with E-state index in [0.29, 0.717) is 24.0 Å². The Bertz CT molecular complexity index is 708. The second-order valence-corrected chi connectivity index (χ2v) is 5.87. The van der Waals surface area contributed by atoms with Gasteiger partial charge in [0.25, 0.3) is 5.69 Å². The monoisotopic (exact) mass is 287 g/mol. The molecule has 1 aromatic heterocycles. The number of nitro groups is 1. The third kappa shape index (κ3) is 2.12. The Morgan fingerprint density at radius 2 is 2.10 bits per heavy atom. The molecule has 0 spiro atoms. The Labute approximate surface area is 122 Å². The zero-order chi connectivity index (χ0) is 15.2. The standard InChI is InChI=1S/C15H17N3O3/c1-10(2)15(19)8-17(9-15)13-6-5-12(18(20)21)11-4-3-7-16-14(11)13/h3-7,10,19H,8-9H2,1-2H3. The van der Waals surface area contributed by atoms with Crippen molar-refractivity contribution in [3.05, 3.63) is 40.6 Å². The van der Waals surface area contributed by atoms with Crippen molar-refractivity contribution >= 4 is 22.3 Å². The van der Waals surface area contributed by atoms with Crippen LogP contribution in [0.3, 0.4) is 0 Å². The summed E-state index contributed by atoms with van der Waals surface area (Å²) < 4.78 is 0. The first kappa shape index (κ1) is 13.8. The van der Waals surface area contributed by atoms with Gasteiger partial charge in [0.15, 0.2) is 0 Å². The van der Waals surface area contributed by atoms with E-state index in [2.05, 4.69) is 4.98 Å². The molecule has 0 bridgehead atoms. The van der Waals surface area contributed by atoms with Crippen molar-refractivity contribution in [1.82, 2.24) is 4.98 Å². The fraction of sp³-hybridized carbons (Fsp3) is 0.400. The predicted molar refractivity (Wildman–Crippen MR) is 80.4 cm³/mol. The van der Waals surface area contributed by atoms with Crippen molar-refractivity contribution in [2.45, 2.75) is 19.4 Å². The Hall–Kier alpha value is -2.21. The van der Waals surface area contributed by atoms with Crippen molar-refractivity contribution in [3.63, 3.8) is 0 Å². The summed E-state index contributed by atoms with van der Waals surface area (Å²) in [7, 11) is 0. The van der Waals surface area contributed by atoms with E-state index < -0.39 is 10.5 Å². The maximum absolute atomic E-state index is 11.1. The first-order valence-corrected chi connectivity index (χ1v) is 6.92. The molecular weight excluding hydrogens is 270 g/mol.